The maximum atomic E-state index is 11.8. The summed E-state index contributed by atoms with van der Waals surface area (Å²) in [5.74, 6) is -0.139. The van der Waals surface area contributed by atoms with Crippen LogP contribution in [0.25, 0.3) is 0 Å². The van der Waals surface area contributed by atoms with Crippen LogP contribution < -0.4 is 5.32 Å². The smallest absolute Gasteiger partial charge is 0.346 e. The van der Waals surface area contributed by atoms with E-state index in [9.17, 15) is 9.90 Å². The number of aromatic nitrogens is 1. The Labute approximate surface area is 109 Å². The average molecular weight is 259 g/mol. The van der Waals surface area contributed by atoms with Crippen molar-refractivity contribution in [2.45, 2.75) is 12.5 Å². The lowest BCUT2D eigenvalue weighted by Gasteiger charge is -2.09. The Morgan fingerprint density at radius 1 is 1.42 bits per heavy atom. The van der Waals surface area contributed by atoms with E-state index in [4.69, 9.17) is 4.74 Å². The van der Waals surface area contributed by atoms with E-state index < -0.39 is 12.1 Å². The van der Waals surface area contributed by atoms with Crippen molar-refractivity contribution in [2.75, 3.05) is 13.1 Å². The quantitative estimate of drug-likeness (QED) is 0.766. The molecule has 3 rings (SSSR count). The van der Waals surface area contributed by atoms with Crippen molar-refractivity contribution in [3.63, 3.8) is 0 Å². The summed E-state index contributed by atoms with van der Waals surface area (Å²) in [4.78, 5) is 19.9. The largest absolute Gasteiger partial charge is 0.507 e. The van der Waals surface area contributed by atoms with Crippen molar-refractivity contribution >= 4 is 11.8 Å². The van der Waals surface area contributed by atoms with E-state index in [1.807, 2.05) is 12.1 Å². The zero-order chi connectivity index (χ0) is 13.2. The number of ether oxygens (including phenoxy) is 1. The van der Waals surface area contributed by atoms with Crippen LogP contribution in [0.1, 0.15) is 5.56 Å². The van der Waals surface area contributed by atoms with Gasteiger partial charge in [0.05, 0.1) is 6.54 Å². The number of aliphatic hydroxyl groups is 1. The van der Waals surface area contributed by atoms with E-state index in [2.05, 4.69) is 15.3 Å². The van der Waals surface area contributed by atoms with E-state index in [-0.39, 0.29) is 11.3 Å². The zero-order valence-electron chi connectivity index (χ0n) is 10.2. The molecule has 98 valence electrons. The number of cyclic esters (lactones) is 1. The van der Waals surface area contributed by atoms with Gasteiger partial charge >= 0.3 is 5.97 Å². The third-order valence-electron chi connectivity index (χ3n) is 3.10. The molecule has 2 N–H and O–H groups in total. The van der Waals surface area contributed by atoms with E-state index in [1.165, 1.54) is 0 Å². The molecular weight excluding hydrogens is 246 g/mol. The number of hydrogen-bond donors (Lipinski definition) is 2. The molecular formula is C13H13N3O3. The zero-order valence-corrected chi connectivity index (χ0v) is 10.2. The number of esters is 1. The second-order valence-electron chi connectivity index (χ2n) is 4.37. The molecule has 1 aromatic rings. The molecule has 1 aromatic heterocycles. The molecule has 0 saturated heterocycles. The number of carbonyl (C=O) groups is 1. The van der Waals surface area contributed by atoms with Crippen molar-refractivity contribution in [1.82, 2.24) is 10.3 Å². The van der Waals surface area contributed by atoms with Gasteiger partial charge in [-0.2, -0.15) is 0 Å². The van der Waals surface area contributed by atoms with Crippen molar-refractivity contribution in [1.29, 1.82) is 0 Å². The summed E-state index contributed by atoms with van der Waals surface area (Å²) >= 11 is 0. The van der Waals surface area contributed by atoms with E-state index in [1.54, 1.807) is 12.4 Å². The normalized spacial score (nSPS) is 22.2. The number of nitrogens with zero attached hydrogens (tertiary/aromatic N) is 2. The molecule has 6 nitrogen and oxygen atoms in total. The van der Waals surface area contributed by atoms with E-state index in [0.29, 0.717) is 25.3 Å². The molecule has 2 aliphatic rings. The van der Waals surface area contributed by atoms with Crippen molar-refractivity contribution < 1.29 is 14.6 Å². The molecule has 2 aliphatic heterocycles. The number of pyridine rings is 1. The molecule has 0 radical (unpaired) electrons. The molecule has 0 amide bonds. The van der Waals surface area contributed by atoms with Gasteiger partial charge in [0.25, 0.3) is 0 Å². The van der Waals surface area contributed by atoms with Gasteiger partial charge in [0.2, 0.25) is 0 Å². The van der Waals surface area contributed by atoms with Crippen molar-refractivity contribution in [3.8, 4) is 0 Å². The predicted molar refractivity (Wildman–Crippen MR) is 67.8 cm³/mol. The highest BCUT2D eigenvalue weighted by atomic mass is 16.6. The van der Waals surface area contributed by atoms with Gasteiger partial charge in [0.15, 0.2) is 11.9 Å². The molecule has 0 fully saturated rings. The number of hydrogen-bond acceptors (Lipinski definition) is 6. The fourth-order valence-corrected chi connectivity index (χ4v) is 2.16. The minimum absolute atomic E-state index is 0.0463. The fraction of sp³-hybridized carbons (Fsp3) is 0.308. The molecule has 6 heteroatoms. The van der Waals surface area contributed by atoms with E-state index in [0.717, 1.165) is 5.56 Å². The maximum Gasteiger partial charge on any atom is 0.346 e. The Bertz CT molecular complexity index is 566. The van der Waals surface area contributed by atoms with Gasteiger partial charge in [0.1, 0.15) is 11.4 Å². The van der Waals surface area contributed by atoms with Gasteiger partial charge < -0.3 is 15.2 Å². The Kier molecular flexibility index (Phi) is 2.91. The molecule has 0 aromatic carbocycles. The lowest BCUT2D eigenvalue weighted by atomic mass is 10.1. The molecule has 1 atom stereocenters. The van der Waals surface area contributed by atoms with Crippen molar-refractivity contribution in [3.05, 3.63) is 41.4 Å². The summed E-state index contributed by atoms with van der Waals surface area (Å²) in [6.45, 7) is 1.28. The third-order valence-corrected chi connectivity index (χ3v) is 3.10. The number of rotatable bonds is 3. The SMILES string of the molecule is O=C1OC(Cc2ccncc2)C(O)=C1C1=NCCN1. The van der Waals surface area contributed by atoms with E-state index >= 15 is 0 Å². The number of nitrogens with one attached hydrogen (secondary N) is 1. The molecule has 0 spiro atoms. The van der Waals surface area contributed by atoms with Gasteiger partial charge in [-0.25, -0.2) is 4.79 Å². The number of aliphatic hydroxyl groups excluding tert-OH is 1. The predicted octanol–water partition coefficient (Wildman–Crippen LogP) is 0.363. The Hall–Kier alpha value is -2.37. The molecule has 0 bridgehead atoms. The summed E-state index contributed by atoms with van der Waals surface area (Å²) in [7, 11) is 0. The van der Waals surface area contributed by atoms with Crippen LogP contribution in [0.2, 0.25) is 0 Å². The number of carbonyl (C=O) groups excluding carboxylic acids is 1. The highest BCUT2D eigenvalue weighted by molar-refractivity contribution is 6.20. The van der Waals surface area contributed by atoms with Crippen LogP contribution in [-0.4, -0.2) is 41.1 Å². The lowest BCUT2D eigenvalue weighted by molar-refractivity contribution is -0.139. The summed E-state index contributed by atoms with van der Waals surface area (Å²) < 4.78 is 5.20. The average Bonchev–Trinajstić information content (AvgIpc) is 3.01. The van der Waals surface area contributed by atoms with Crippen LogP contribution in [0.5, 0.6) is 0 Å². The first kappa shape index (κ1) is 11.7. The maximum absolute atomic E-state index is 11.8. The van der Waals surface area contributed by atoms with Crippen molar-refractivity contribution in [2.24, 2.45) is 4.99 Å². The summed E-state index contributed by atoms with van der Waals surface area (Å²) in [6.07, 6.45) is 3.11. The van der Waals surface area contributed by atoms with Crippen LogP contribution in [0.15, 0.2) is 40.9 Å². The first-order valence-corrected chi connectivity index (χ1v) is 6.07. The van der Waals surface area contributed by atoms with Gasteiger partial charge in [0, 0.05) is 25.4 Å². The van der Waals surface area contributed by atoms with Crippen LogP contribution in [0.4, 0.5) is 0 Å². The van der Waals surface area contributed by atoms with Gasteiger partial charge in [-0.3, -0.25) is 9.98 Å². The molecule has 3 heterocycles. The van der Waals surface area contributed by atoms with Crippen LogP contribution in [0.3, 0.4) is 0 Å². The fourth-order valence-electron chi connectivity index (χ4n) is 2.16. The van der Waals surface area contributed by atoms with Gasteiger partial charge in [-0.05, 0) is 17.7 Å². The summed E-state index contributed by atoms with van der Waals surface area (Å²) in [5, 5.41) is 13.1. The molecule has 0 aliphatic carbocycles. The highest BCUT2D eigenvalue weighted by Crippen LogP contribution is 2.24. The highest BCUT2D eigenvalue weighted by Gasteiger charge is 2.37. The lowest BCUT2D eigenvalue weighted by Crippen LogP contribution is -2.24. The third kappa shape index (κ3) is 2.16. The minimum atomic E-state index is -0.644. The molecule has 0 saturated carbocycles. The summed E-state index contributed by atoms with van der Waals surface area (Å²) in [6, 6.07) is 3.65. The molecule has 19 heavy (non-hydrogen) atoms. The van der Waals surface area contributed by atoms with Gasteiger partial charge in [-0.15, -0.1) is 0 Å². The molecule has 1 unspecified atom stereocenters. The Morgan fingerprint density at radius 2 is 2.21 bits per heavy atom. The van der Waals surface area contributed by atoms with Crippen LogP contribution in [-0.2, 0) is 16.0 Å². The standard InChI is InChI=1S/C13H13N3O3/c17-11-9(7-8-1-3-14-4-2-8)19-13(18)10(11)12-15-5-6-16-12/h1-4,9,17H,5-7H2,(H,15,16). The first-order valence-electron chi connectivity index (χ1n) is 6.07. The Balaban J connectivity index is 1.83. The first-order chi connectivity index (χ1) is 9.25. The van der Waals surface area contributed by atoms with Crippen LogP contribution >= 0.6 is 0 Å². The number of aliphatic imine (C=N–C) groups is 1. The van der Waals surface area contributed by atoms with Gasteiger partial charge in [-0.1, -0.05) is 0 Å². The van der Waals surface area contributed by atoms with Crippen LogP contribution in [0, 0.1) is 0 Å². The minimum Gasteiger partial charge on any atom is -0.507 e. The number of amidine groups is 1. The summed E-state index contributed by atoms with van der Waals surface area (Å²) in [5.41, 5.74) is 1.11. The second kappa shape index (κ2) is 4.72. The topological polar surface area (TPSA) is 83.8 Å². The monoisotopic (exact) mass is 259 g/mol. The second-order valence-corrected chi connectivity index (χ2v) is 4.37. The Morgan fingerprint density at radius 3 is 2.89 bits per heavy atom.